The van der Waals surface area contributed by atoms with Crippen LogP contribution in [0.5, 0.6) is 5.75 Å². The summed E-state index contributed by atoms with van der Waals surface area (Å²) >= 11 is 3.42. The molecule has 0 radical (unpaired) electrons. The Bertz CT molecular complexity index is 708. The SMILES string of the molecule is Cc1cccc(C(=O)Nc2cccc(OCC#N)c2)c1Br. The van der Waals surface area contributed by atoms with E-state index < -0.39 is 0 Å². The number of nitriles is 1. The number of ether oxygens (including phenoxy) is 1. The van der Waals surface area contributed by atoms with Crippen LogP contribution in [0, 0.1) is 18.3 Å². The maximum absolute atomic E-state index is 12.3. The van der Waals surface area contributed by atoms with E-state index in [4.69, 9.17) is 10.00 Å². The Kier molecular flexibility index (Phi) is 4.96. The Hall–Kier alpha value is -2.32. The average Bonchev–Trinajstić information content (AvgIpc) is 2.48. The van der Waals surface area contributed by atoms with E-state index in [2.05, 4.69) is 21.2 Å². The normalized spacial score (nSPS) is 9.76. The smallest absolute Gasteiger partial charge is 0.256 e. The number of anilines is 1. The van der Waals surface area contributed by atoms with Gasteiger partial charge >= 0.3 is 0 Å². The van der Waals surface area contributed by atoms with Gasteiger partial charge in [-0.1, -0.05) is 18.2 Å². The summed E-state index contributed by atoms with van der Waals surface area (Å²) in [5.41, 5.74) is 2.18. The fourth-order valence-corrected chi connectivity index (χ4v) is 2.24. The molecule has 2 rings (SSSR count). The zero-order valence-corrected chi connectivity index (χ0v) is 13.0. The summed E-state index contributed by atoms with van der Waals surface area (Å²) in [6.07, 6.45) is 0. The van der Waals surface area contributed by atoms with Crippen LogP contribution in [0.25, 0.3) is 0 Å². The molecule has 0 saturated carbocycles. The van der Waals surface area contributed by atoms with Crippen molar-refractivity contribution < 1.29 is 9.53 Å². The van der Waals surface area contributed by atoms with Gasteiger partial charge in [0.15, 0.2) is 6.61 Å². The number of nitrogens with one attached hydrogen (secondary N) is 1. The van der Waals surface area contributed by atoms with Crippen molar-refractivity contribution in [3.05, 3.63) is 58.1 Å². The highest BCUT2D eigenvalue weighted by atomic mass is 79.9. The third kappa shape index (κ3) is 3.83. The number of rotatable bonds is 4. The van der Waals surface area contributed by atoms with E-state index in [0.29, 0.717) is 17.0 Å². The first-order chi connectivity index (χ1) is 10.1. The Labute approximate surface area is 131 Å². The van der Waals surface area contributed by atoms with E-state index in [9.17, 15) is 4.79 Å². The average molecular weight is 345 g/mol. The number of halogens is 1. The minimum Gasteiger partial charge on any atom is -0.479 e. The Morgan fingerprint density at radius 3 is 2.86 bits per heavy atom. The number of hydrogen-bond acceptors (Lipinski definition) is 3. The minimum absolute atomic E-state index is 0.0270. The van der Waals surface area contributed by atoms with Gasteiger partial charge in [0.25, 0.3) is 5.91 Å². The molecule has 0 aliphatic heterocycles. The topological polar surface area (TPSA) is 62.1 Å². The number of carbonyl (C=O) groups excluding carboxylic acids is 1. The highest BCUT2D eigenvalue weighted by Gasteiger charge is 2.11. The van der Waals surface area contributed by atoms with Crippen molar-refractivity contribution in [3.63, 3.8) is 0 Å². The fraction of sp³-hybridized carbons (Fsp3) is 0.125. The summed E-state index contributed by atoms with van der Waals surface area (Å²) in [6, 6.07) is 14.3. The van der Waals surface area contributed by atoms with Crippen LogP contribution in [0.15, 0.2) is 46.9 Å². The second-order valence-corrected chi connectivity index (χ2v) is 5.16. The molecule has 0 saturated heterocycles. The Morgan fingerprint density at radius 1 is 1.33 bits per heavy atom. The standard InChI is InChI=1S/C16H13BrN2O2/c1-11-4-2-7-14(15(11)17)16(20)19-12-5-3-6-13(10-12)21-9-8-18/h2-7,10H,9H2,1H3,(H,19,20). The molecule has 5 heteroatoms. The zero-order chi connectivity index (χ0) is 15.2. The first-order valence-electron chi connectivity index (χ1n) is 6.28. The van der Waals surface area contributed by atoms with Crippen LogP contribution in [0.1, 0.15) is 15.9 Å². The van der Waals surface area contributed by atoms with E-state index in [1.807, 2.05) is 25.1 Å². The maximum atomic E-state index is 12.3. The molecule has 0 spiro atoms. The third-order valence-corrected chi connectivity index (χ3v) is 3.88. The van der Waals surface area contributed by atoms with Crippen LogP contribution in [-0.4, -0.2) is 12.5 Å². The molecule has 0 aliphatic rings. The Morgan fingerprint density at radius 2 is 2.10 bits per heavy atom. The second-order valence-electron chi connectivity index (χ2n) is 4.37. The monoisotopic (exact) mass is 344 g/mol. The molecule has 21 heavy (non-hydrogen) atoms. The van der Waals surface area contributed by atoms with Crippen molar-refractivity contribution in [3.8, 4) is 11.8 Å². The first kappa shape index (κ1) is 15.1. The largest absolute Gasteiger partial charge is 0.479 e. The summed E-state index contributed by atoms with van der Waals surface area (Å²) in [6.45, 7) is 1.90. The number of nitrogens with zero attached hydrogens (tertiary/aromatic N) is 1. The van der Waals surface area contributed by atoms with Crippen molar-refractivity contribution in [2.75, 3.05) is 11.9 Å². The summed E-state index contributed by atoms with van der Waals surface area (Å²) in [7, 11) is 0. The molecular formula is C16H13BrN2O2. The van der Waals surface area contributed by atoms with Crippen LogP contribution < -0.4 is 10.1 Å². The molecule has 0 aliphatic carbocycles. The third-order valence-electron chi connectivity index (χ3n) is 2.83. The first-order valence-corrected chi connectivity index (χ1v) is 7.07. The lowest BCUT2D eigenvalue weighted by Gasteiger charge is -2.09. The molecular weight excluding hydrogens is 332 g/mol. The molecule has 0 unspecified atom stereocenters. The lowest BCUT2D eigenvalue weighted by Crippen LogP contribution is -2.13. The molecule has 1 amide bonds. The number of amides is 1. The molecule has 2 aromatic rings. The van der Waals surface area contributed by atoms with Crippen LogP contribution >= 0.6 is 15.9 Å². The number of hydrogen-bond donors (Lipinski definition) is 1. The van der Waals surface area contributed by atoms with Crippen LogP contribution in [0.3, 0.4) is 0 Å². The van der Waals surface area contributed by atoms with Gasteiger partial charge in [-0.2, -0.15) is 5.26 Å². The summed E-state index contributed by atoms with van der Waals surface area (Å²) in [5.74, 6) is 0.334. The molecule has 1 N–H and O–H groups in total. The summed E-state index contributed by atoms with van der Waals surface area (Å²) in [5, 5.41) is 11.3. The van der Waals surface area contributed by atoms with Crippen molar-refractivity contribution in [1.82, 2.24) is 0 Å². The van der Waals surface area contributed by atoms with Gasteiger partial charge in [-0.05, 0) is 46.6 Å². The van der Waals surface area contributed by atoms with Gasteiger partial charge in [0.2, 0.25) is 0 Å². The lowest BCUT2D eigenvalue weighted by molar-refractivity contribution is 0.102. The van der Waals surface area contributed by atoms with E-state index >= 15 is 0 Å². The van der Waals surface area contributed by atoms with Gasteiger partial charge in [0.1, 0.15) is 11.8 Å². The predicted molar refractivity (Wildman–Crippen MR) is 84.4 cm³/mol. The Balaban J connectivity index is 2.16. The molecule has 0 fully saturated rings. The van der Waals surface area contributed by atoms with Gasteiger partial charge in [-0.25, -0.2) is 0 Å². The van der Waals surface area contributed by atoms with Crippen molar-refractivity contribution in [2.45, 2.75) is 6.92 Å². The van der Waals surface area contributed by atoms with E-state index in [0.717, 1.165) is 10.0 Å². The maximum Gasteiger partial charge on any atom is 0.256 e. The molecule has 0 bridgehead atoms. The van der Waals surface area contributed by atoms with Gasteiger partial charge in [0, 0.05) is 16.2 Å². The molecule has 106 valence electrons. The predicted octanol–water partition coefficient (Wildman–Crippen LogP) is 3.91. The van der Waals surface area contributed by atoms with Crippen LogP contribution in [0.2, 0.25) is 0 Å². The highest BCUT2D eigenvalue weighted by molar-refractivity contribution is 9.10. The lowest BCUT2D eigenvalue weighted by atomic mass is 10.1. The van der Waals surface area contributed by atoms with E-state index in [1.165, 1.54) is 0 Å². The van der Waals surface area contributed by atoms with Crippen molar-refractivity contribution >= 4 is 27.5 Å². The van der Waals surface area contributed by atoms with Gasteiger partial charge in [0.05, 0.1) is 5.56 Å². The number of benzene rings is 2. The van der Waals surface area contributed by atoms with Gasteiger partial charge in [-0.3, -0.25) is 4.79 Å². The summed E-state index contributed by atoms with van der Waals surface area (Å²) < 4.78 is 5.98. The molecule has 0 atom stereocenters. The zero-order valence-electron chi connectivity index (χ0n) is 11.4. The molecule has 4 nitrogen and oxygen atoms in total. The van der Waals surface area contributed by atoms with Crippen LogP contribution in [-0.2, 0) is 0 Å². The van der Waals surface area contributed by atoms with Crippen LogP contribution in [0.4, 0.5) is 5.69 Å². The molecule has 0 aromatic heterocycles. The quantitative estimate of drug-likeness (QED) is 0.914. The van der Waals surface area contributed by atoms with E-state index in [-0.39, 0.29) is 12.5 Å². The second kappa shape index (κ2) is 6.91. The molecule has 0 heterocycles. The van der Waals surface area contributed by atoms with Crippen molar-refractivity contribution in [1.29, 1.82) is 5.26 Å². The van der Waals surface area contributed by atoms with Gasteiger partial charge < -0.3 is 10.1 Å². The number of aryl methyl sites for hydroxylation is 1. The van der Waals surface area contributed by atoms with Crippen molar-refractivity contribution in [2.24, 2.45) is 0 Å². The summed E-state index contributed by atoms with van der Waals surface area (Å²) in [4.78, 5) is 12.3. The molecule has 2 aromatic carbocycles. The van der Waals surface area contributed by atoms with Gasteiger partial charge in [-0.15, -0.1) is 0 Å². The van der Waals surface area contributed by atoms with E-state index in [1.54, 1.807) is 30.3 Å². The minimum atomic E-state index is -0.206. The fourth-order valence-electron chi connectivity index (χ4n) is 1.80. The number of carbonyl (C=O) groups is 1. The highest BCUT2D eigenvalue weighted by Crippen LogP contribution is 2.23.